The molecule has 0 fully saturated rings. The third kappa shape index (κ3) is 8.86. The molecule has 0 aliphatic heterocycles. The van der Waals surface area contributed by atoms with Crippen molar-refractivity contribution in [3.8, 4) is 39.4 Å². The van der Waals surface area contributed by atoms with Crippen LogP contribution in [0.2, 0.25) is 0 Å². The number of para-hydroxylation sites is 1. The Morgan fingerprint density at radius 3 is 2.11 bits per heavy atom. The Morgan fingerprint density at radius 1 is 0.671 bits per heavy atom. The summed E-state index contributed by atoms with van der Waals surface area (Å²) in [4.78, 5) is 23.4. The molecule has 13 aromatic rings. The smallest absolute Gasteiger partial charge is 0.225 e. The monoisotopic (exact) mass is 1070 g/mol. The topological polar surface area (TPSA) is 119 Å². The average Bonchev–Trinajstić information content (AvgIpc) is 4.13. The van der Waals surface area contributed by atoms with Gasteiger partial charge in [-0.25, -0.2) is 15.0 Å². The van der Waals surface area contributed by atoms with E-state index in [2.05, 4.69) is 189 Å². The third-order valence-corrected chi connectivity index (χ3v) is 15.2. The number of aromatic nitrogens is 8. The van der Waals surface area contributed by atoms with Crippen molar-refractivity contribution in [2.24, 2.45) is 0 Å². The number of hydrogen-bond donors (Lipinski definition) is 0. The lowest BCUT2D eigenvalue weighted by Crippen LogP contribution is -2.08. The van der Waals surface area contributed by atoms with Gasteiger partial charge >= 0.3 is 0 Å². The zero-order valence-corrected chi connectivity index (χ0v) is 46.1. The average molecular weight is 1070 g/mol. The highest BCUT2D eigenvalue weighted by Crippen LogP contribution is 2.45. The quantitative estimate of drug-likeness (QED) is 0.0674. The Labute approximate surface area is 473 Å². The van der Waals surface area contributed by atoms with Crippen LogP contribution in [0.15, 0.2) is 240 Å². The third-order valence-electron chi connectivity index (χ3n) is 15.2. The van der Waals surface area contributed by atoms with E-state index >= 15 is 0 Å². The molecular formula is C71H56N8O3. The van der Waals surface area contributed by atoms with Gasteiger partial charge < -0.3 is 27.0 Å². The van der Waals surface area contributed by atoms with Crippen LogP contribution in [-0.2, 0) is 6.54 Å². The first-order chi connectivity index (χ1) is 40.2. The normalized spacial score (nSPS) is 12.8. The van der Waals surface area contributed by atoms with Crippen molar-refractivity contribution < 1.29 is 13.3 Å². The molecule has 5 aromatic carbocycles. The molecule has 398 valence electrons. The Kier molecular flexibility index (Phi) is 13.2. The Morgan fingerprint density at radius 2 is 1.37 bits per heavy atom. The molecule has 8 aromatic heterocycles. The maximum absolute atomic E-state index is 7.36. The summed E-state index contributed by atoms with van der Waals surface area (Å²) >= 11 is 0. The van der Waals surface area contributed by atoms with Crippen LogP contribution >= 0.6 is 0 Å². The standard InChI is InChI=1S/C68H50N8O3.C3H6/c1-6-7-13-44(66-73-42(4)43(5)75(66)41(2)3)24-29-74-60-19-11-10-18-52(60)57-34-45(20-21-61(57)74)50-35-55(46-14-8-9-15-48(32-46)67-71-27-30-77-67)64-58(36-50)59-38-51(76-62-39-69-25-22-53(62)54-23-26-70-40-63(54)76)37-56(65(59)79-64)47-16-12-17-49(33-47)68-72-28-31-78-68;1-3-2/h6-13,15-28,30-41H,1,29H2,2-5H3;3H,1H2,2H3/b13-7-,44-24+;. The predicted molar refractivity (Wildman–Crippen MR) is 333 cm³/mol. The lowest BCUT2D eigenvalue weighted by molar-refractivity contribution is 0.543. The van der Waals surface area contributed by atoms with Crippen LogP contribution in [0.5, 0.6) is 0 Å². The largest absolute Gasteiger partial charge is 0.455 e. The summed E-state index contributed by atoms with van der Waals surface area (Å²) < 4.78 is 26.0. The maximum Gasteiger partial charge on any atom is 0.225 e. The molecule has 0 unspecified atom stereocenters. The fourth-order valence-electron chi connectivity index (χ4n) is 11.5. The van der Waals surface area contributed by atoms with Gasteiger partial charge in [0.2, 0.25) is 11.8 Å². The van der Waals surface area contributed by atoms with E-state index in [4.69, 9.17) is 18.2 Å². The molecular weight excluding hydrogens is 1010 g/mol. The van der Waals surface area contributed by atoms with Gasteiger partial charge in [0.1, 0.15) is 29.5 Å². The minimum Gasteiger partial charge on any atom is -0.455 e. The van der Waals surface area contributed by atoms with Gasteiger partial charge in [-0.1, -0.05) is 79.4 Å². The van der Waals surface area contributed by atoms with Gasteiger partial charge in [0.25, 0.3) is 0 Å². The molecule has 0 radical (unpaired) electrons. The summed E-state index contributed by atoms with van der Waals surface area (Å²) in [6.45, 7) is 18.5. The molecule has 0 saturated carbocycles. The number of hydrogen-bond acceptors (Lipinski definition) is 8. The van der Waals surface area contributed by atoms with Crippen molar-refractivity contribution in [1.82, 2.24) is 38.6 Å². The number of aryl methyl sites for hydroxylation is 1. The van der Waals surface area contributed by atoms with E-state index in [0.29, 0.717) is 23.9 Å². The van der Waals surface area contributed by atoms with Gasteiger partial charge in [-0.05, 0) is 136 Å². The second-order valence-electron chi connectivity index (χ2n) is 20.5. The summed E-state index contributed by atoms with van der Waals surface area (Å²) in [7, 11) is 0. The number of furan rings is 1. The number of pyridine rings is 2. The lowest BCUT2D eigenvalue weighted by atomic mass is 9.93. The predicted octanol–water partition coefficient (Wildman–Crippen LogP) is 18.2. The lowest BCUT2D eigenvalue weighted by Gasteiger charge is -2.15. The first-order valence-corrected chi connectivity index (χ1v) is 27.3. The zero-order valence-electron chi connectivity index (χ0n) is 46.1. The SMILES string of the molecule is C=C/C=C\C(=C/Cn1c2ccccc2c2cc(-c3cc(C4=C=CC=CC(c5ncco5)=C4)c4oc5c(-c6cccc(-c7ncco7)c6)cc(-n6c7cnccc7c7ccncc76)cc5c4c3)ccc21)c1nc(C)c(C)n1C(C)C.C=CC. The zero-order chi connectivity index (χ0) is 56.0. The molecule has 14 rings (SSSR count). The minimum absolute atomic E-state index is 0.239. The fourth-order valence-corrected chi connectivity index (χ4v) is 11.5. The number of oxazole rings is 2. The summed E-state index contributed by atoms with van der Waals surface area (Å²) in [5, 5.41) is 6.33. The van der Waals surface area contributed by atoms with Crippen LogP contribution in [0.1, 0.15) is 55.5 Å². The molecule has 0 amide bonds. The van der Waals surface area contributed by atoms with E-state index in [0.717, 1.165) is 127 Å². The van der Waals surface area contributed by atoms with Crippen LogP contribution in [0.25, 0.3) is 122 Å². The van der Waals surface area contributed by atoms with E-state index < -0.39 is 0 Å². The van der Waals surface area contributed by atoms with Crippen molar-refractivity contribution in [1.29, 1.82) is 0 Å². The minimum atomic E-state index is 0.239. The van der Waals surface area contributed by atoms with Crippen LogP contribution in [0.3, 0.4) is 0 Å². The summed E-state index contributed by atoms with van der Waals surface area (Å²) in [5.74, 6) is 1.98. The highest BCUT2D eigenvalue weighted by Gasteiger charge is 2.24. The first kappa shape index (κ1) is 50.9. The molecule has 11 nitrogen and oxygen atoms in total. The van der Waals surface area contributed by atoms with Crippen LogP contribution in [0.4, 0.5) is 0 Å². The second kappa shape index (κ2) is 21.2. The molecule has 0 atom stereocenters. The summed E-state index contributed by atoms with van der Waals surface area (Å²) in [6.07, 6.45) is 31.9. The molecule has 82 heavy (non-hydrogen) atoms. The molecule has 0 saturated heterocycles. The number of allylic oxidation sites excluding steroid dienone is 11. The molecule has 8 heterocycles. The fraction of sp³-hybridized carbons (Fsp3) is 0.0986. The molecule has 0 spiro atoms. The first-order valence-electron chi connectivity index (χ1n) is 27.3. The van der Waals surface area contributed by atoms with Crippen molar-refractivity contribution in [2.45, 2.75) is 47.2 Å². The van der Waals surface area contributed by atoms with Crippen molar-refractivity contribution in [3.05, 3.63) is 255 Å². The molecule has 1 aliphatic rings. The molecule has 0 bridgehead atoms. The second-order valence-corrected chi connectivity index (χ2v) is 20.5. The van der Waals surface area contributed by atoms with Crippen LogP contribution < -0.4 is 0 Å². The summed E-state index contributed by atoms with van der Waals surface area (Å²) in [5.41, 5.74) is 20.6. The van der Waals surface area contributed by atoms with Gasteiger partial charge in [-0.3, -0.25) is 9.97 Å². The molecule has 0 N–H and O–H groups in total. The van der Waals surface area contributed by atoms with E-state index in [1.807, 2.05) is 74.2 Å². The van der Waals surface area contributed by atoms with Gasteiger partial charge in [0.05, 0.1) is 41.5 Å². The highest BCUT2D eigenvalue weighted by molar-refractivity contribution is 6.16. The van der Waals surface area contributed by atoms with Gasteiger partial charge in [-0.2, -0.15) is 0 Å². The Bertz CT molecular complexity index is 4810. The number of nitrogens with zero attached hydrogens (tertiary/aromatic N) is 8. The van der Waals surface area contributed by atoms with Gasteiger partial charge in [-0.15, -0.1) is 12.3 Å². The van der Waals surface area contributed by atoms with Crippen molar-refractivity contribution in [2.75, 3.05) is 0 Å². The van der Waals surface area contributed by atoms with Gasteiger partial charge in [0.15, 0.2) is 0 Å². The Balaban J connectivity index is 0.00000206. The molecule has 11 heteroatoms. The van der Waals surface area contributed by atoms with Crippen LogP contribution in [-0.4, -0.2) is 38.6 Å². The number of imidazole rings is 1. The molecule has 1 aliphatic carbocycles. The number of benzene rings is 5. The maximum atomic E-state index is 7.36. The van der Waals surface area contributed by atoms with E-state index in [1.54, 1.807) is 31.0 Å². The van der Waals surface area contributed by atoms with E-state index in [9.17, 15) is 0 Å². The van der Waals surface area contributed by atoms with Crippen molar-refractivity contribution >= 4 is 82.3 Å². The number of rotatable bonds is 12. The van der Waals surface area contributed by atoms with Gasteiger partial charge in [0, 0.05) is 113 Å². The van der Waals surface area contributed by atoms with Crippen LogP contribution in [0, 0.1) is 13.8 Å². The van der Waals surface area contributed by atoms with Crippen molar-refractivity contribution in [3.63, 3.8) is 0 Å². The Hall–Kier alpha value is -10.6. The summed E-state index contributed by atoms with van der Waals surface area (Å²) in [6, 6.07) is 37.1. The van der Waals surface area contributed by atoms with E-state index in [-0.39, 0.29) is 6.04 Å². The number of fused-ring (bicyclic) bond motifs is 9. The highest BCUT2D eigenvalue weighted by atomic mass is 16.3. The van der Waals surface area contributed by atoms with E-state index in [1.165, 1.54) is 5.69 Å².